The third-order valence-corrected chi connectivity index (χ3v) is 4.92. The van der Waals surface area contributed by atoms with Crippen molar-refractivity contribution in [3.05, 3.63) is 0 Å². The van der Waals surface area contributed by atoms with Gasteiger partial charge < -0.3 is 10.1 Å². The Hall–Kier alpha value is -1.15. The highest BCUT2D eigenvalue weighted by molar-refractivity contribution is 7.91. The monoisotopic (exact) mass is 275 g/mol. The van der Waals surface area contributed by atoms with Gasteiger partial charge in [0.2, 0.25) is 0 Å². The van der Waals surface area contributed by atoms with E-state index >= 15 is 0 Å². The minimum Gasteiger partial charge on any atom is -0.383 e. The first-order chi connectivity index (χ1) is 8.47. The average molecular weight is 275 g/mol. The molecule has 1 amide bonds. The number of rotatable bonds is 3. The molecule has 0 saturated carbocycles. The lowest BCUT2D eigenvalue weighted by atomic mass is 9.93. The van der Waals surface area contributed by atoms with Crippen LogP contribution in [0.1, 0.15) is 12.8 Å². The highest BCUT2D eigenvalue weighted by atomic mass is 32.2. The molecule has 102 valence electrons. The number of carbonyl (C=O) groups is 1. The summed E-state index contributed by atoms with van der Waals surface area (Å²) in [6.45, 7) is 0.927. The number of amides is 1. The quantitative estimate of drug-likeness (QED) is 0.621. The van der Waals surface area contributed by atoms with Crippen molar-refractivity contribution < 1.29 is 17.9 Å². The number of hydrogen-bond donors (Lipinski definition) is 2. The fourth-order valence-corrected chi connectivity index (χ4v) is 3.63. The lowest BCUT2D eigenvalue weighted by Gasteiger charge is -2.30. The molecule has 2 fully saturated rings. The maximum atomic E-state index is 11.9. The molecule has 0 aliphatic carbocycles. The highest BCUT2D eigenvalue weighted by Crippen LogP contribution is 2.26. The van der Waals surface area contributed by atoms with Gasteiger partial charge in [0.1, 0.15) is 5.54 Å². The van der Waals surface area contributed by atoms with Crippen molar-refractivity contribution >= 4 is 21.7 Å². The van der Waals surface area contributed by atoms with Crippen LogP contribution in [0.4, 0.5) is 0 Å². The van der Waals surface area contributed by atoms with Crippen LogP contribution in [0.3, 0.4) is 0 Å². The largest absolute Gasteiger partial charge is 0.383 e. The molecule has 0 aromatic carbocycles. The Bertz CT molecular complexity index is 458. The molecule has 2 aliphatic rings. The molecule has 0 aromatic heterocycles. The van der Waals surface area contributed by atoms with E-state index in [0.717, 1.165) is 0 Å². The van der Waals surface area contributed by atoms with Gasteiger partial charge in [-0.1, -0.05) is 0 Å². The van der Waals surface area contributed by atoms with Crippen LogP contribution in [0.5, 0.6) is 0 Å². The maximum Gasteiger partial charge on any atom is 0.252 e. The first-order valence-corrected chi connectivity index (χ1v) is 7.63. The van der Waals surface area contributed by atoms with E-state index in [1.165, 1.54) is 0 Å². The van der Waals surface area contributed by atoms with Gasteiger partial charge in [0.25, 0.3) is 5.91 Å². The minimum absolute atomic E-state index is 0.0404. The number of nitrogens with one attached hydrogen (secondary N) is 2. The molecule has 1 spiro atoms. The molecule has 0 aromatic rings. The normalized spacial score (nSPS) is 27.2. The van der Waals surface area contributed by atoms with Crippen molar-refractivity contribution in [3.8, 4) is 0 Å². The summed E-state index contributed by atoms with van der Waals surface area (Å²) in [5.41, 5.74) is -0.794. The molecular formula is C10H17N3O4S. The van der Waals surface area contributed by atoms with E-state index < -0.39 is 15.4 Å². The van der Waals surface area contributed by atoms with Gasteiger partial charge in [-0.2, -0.15) is 0 Å². The van der Waals surface area contributed by atoms with Gasteiger partial charge in [0.05, 0.1) is 24.7 Å². The predicted octanol–water partition coefficient (Wildman–Crippen LogP) is -1.34. The zero-order chi connectivity index (χ0) is 13.2. The van der Waals surface area contributed by atoms with Crippen LogP contribution in [0, 0.1) is 0 Å². The van der Waals surface area contributed by atoms with Crippen molar-refractivity contribution in [1.82, 2.24) is 10.6 Å². The number of aliphatic imine (C=N–C) groups is 1. The molecule has 2 saturated heterocycles. The first-order valence-electron chi connectivity index (χ1n) is 5.81. The van der Waals surface area contributed by atoms with Crippen LogP contribution in [0.2, 0.25) is 0 Å². The number of hydrogen-bond acceptors (Lipinski definition) is 5. The molecule has 2 N–H and O–H groups in total. The summed E-state index contributed by atoms with van der Waals surface area (Å²) >= 11 is 0. The molecule has 8 heteroatoms. The Balaban J connectivity index is 2.03. The van der Waals surface area contributed by atoms with Crippen LogP contribution < -0.4 is 10.6 Å². The van der Waals surface area contributed by atoms with E-state index in [-0.39, 0.29) is 17.4 Å². The van der Waals surface area contributed by atoms with E-state index in [1.54, 1.807) is 7.11 Å². The molecule has 7 nitrogen and oxygen atoms in total. The van der Waals surface area contributed by atoms with Crippen LogP contribution >= 0.6 is 0 Å². The summed E-state index contributed by atoms with van der Waals surface area (Å²) < 4.78 is 27.6. The second-order valence-corrected chi connectivity index (χ2v) is 6.84. The van der Waals surface area contributed by atoms with E-state index in [9.17, 15) is 13.2 Å². The highest BCUT2D eigenvalue weighted by Gasteiger charge is 2.48. The standard InChI is InChI=1S/C10H17N3O4S/c1-17-5-4-11-9-12-8(14)10(13-9)2-6-18(15,16)7-3-10/h2-7H2,1H3,(H2,11,12,13,14). The Labute approximate surface area is 106 Å². The SMILES string of the molecule is COCCN=C1NC(=O)C2(CCS(=O)(=O)CC2)N1. The molecule has 2 heterocycles. The van der Waals surface area contributed by atoms with Crippen molar-refractivity contribution in [2.45, 2.75) is 18.4 Å². The van der Waals surface area contributed by atoms with Crippen molar-refractivity contribution in [2.24, 2.45) is 4.99 Å². The minimum atomic E-state index is -2.99. The number of guanidine groups is 1. The third kappa shape index (κ3) is 2.64. The van der Waals surface area contributed by atoms with E-state index in [1.807, 2.05) is 0 Å². The van der Waals surface area contributed by atoms with Crippen molar-refractivity contribution in [1.29, 1.82) is 0 Å². The van der Waals surface area contributed by atoms with Gasteiger partial charge in [0, 0.05) is 7.11 Å². The number of carbonyl (C=O) groups excluding carboxylic acids is 1. The number of sulfone groups is 1. The topological polar surface area (TPSA) is 96.9 Å². The molecule has 0 unspecified atom stereocenters. The van der Waals surface area contributed by atoms with Crippen molar-refractivity contribution in [2.75, 3.05) is 31.8 Å². The van der Waals surface area contributed by atoms with E-state index in [2.05, 4.69) is 15.6 Å². The summed E-state index contributed by atoms with van der Waals surface area (Å²) in [5.74, 6) is 0.308. The summed E-state index contributed by atoms with van der Waals surface area (Å²) in [7, 11) is -1.41. The molecule has 0 radical (unpaired) electrons. The number of nitrogens with zero attached hydrogens (tertiary/aromatic N) is 1. The van der Waals surface area contributed by atoms with Crippen molar-refractivity contribution in [3.63, 3.8) is 0 Å². The summed E-state index contributed by atoms with van der Waals surface area (Å²) in [4.78, 5) is 16.1. The summed E-state index contributed by atoms with van der Waals surface area (Å²) in [5, 5.41) is 5.67. The molecule has 18 heavy (non-hydrogen) atoms. The van der Waals surface area contributed by atoms with Gasteiger partial charge in [-0.3, -0.25) is 15.1 Å². The summed E-state index contributed by atoms with van der Waals surface area (Å²) in [6, 6.07) is 0. The number of methoxy groups -OCH3 is 1. The smallest absolute Gasteiger partial charge is 0.252 e. The Morgan fingerprint density at radius 1 is 1.39 bits per heavy atom. The van der Waals surface area contributed by atoms with E-state index in [4.69, 9.17) is 4.74 Å². The summed E-state index contributed by atoms with van der Waals surface area (Å²) in [6.07, 6.45) is 0.592. The molecular weight excluding hydrogens is 258 g/mol. The molecule has 2 aliphatic heterocycles. The van der Waals surface area contributed by atoms with Gasteiger partial charge >= 0.3 is 0 Å². The molecule has 2 rings (SSSR count). The lowest BCUT2D eigenvalue weighted by Crippen LogP contribution is -2.52. The van der Waals surface area contributed by atoms with Crippen LogP contribution in [-0.4, -0.2) is 57.6 Å². The zero-order valence-corrected chi connectivity index (χ0v) is 11.0. The van der Waals surface area contributed by atoms with E-state index in [0.29, 0.717) is 32.0 Å². The van der Waals surface area contributed by atoms with Gasteiger partial charge in [-0.15, -0.1) is 0 Å². The lowest BCUT2D eigenvalue weighted by molar-refractivity contribution is -0.124. The zero-order valence-electron chi connectivity index (χ0n) is 10.2. The van der Waals surface area contributed by atoms with Crippen LogP contribution in [-0.2, 0) is 19.4 Å². The predicted molar refractivity (Wildman–Crippen MR) is 66.1 cm³/mol. The first kappa shape index (κ1) is 13.3. The van der Waals surface area contributed by atoms with Crippen LogP contribution in [0.25, 0.3) is 0 Å². The third-order valence-electron chi connectivity index (χ3n) is 3.27. The Morgan fingerprint density at radius 2 is 2.06 bits per heavy atom. The molecule has 0 atom stereocenters. The van der Waals surface area contributed by atoms with Crippen LogP contribution in [0.15, 0.2) is 4.99 Å². The number of ether oxygens (including phenoxy) is 1. The maximum absolute atomic E-state index is 11.9. The molecule has 0 bridgehead atoms. The second kappa shape index (κ2) is 4.85. The Kier molecular flexibility index (Phi) is 3.58. The fourth-order valence-electron chi connectivity index (χ4n) is 2.11. The van der Waals surface area contributed by atoms with Gasteiger partial charge in [-0.05, 0) is 12.8 Å². The second-order valence-electron chi connectivity index (χ2n) is 4.54. The van der Waals surface area contributed by atoms with Gasteiger partial charge in [-0.25, -0.2) is 8.42 Å². The average Bonchev–Trinajstić information content (AvgIpc) is 2.61. The van der Waals surface area contributed by atoms with Gasteiger partial charge in [0.15, 0.2) is 15.8 Å². The fraction of sp³-hybridized carbons (Fsp3) is 0.800. The Morgan fingerprint density at radius 3 is 2.67 bits per heavy atom.